The van der Waals surface area contributed by atoms with Gasteiger partial charge < -0.3 is 10.1 Å². The quantitative estimate of drug-likeness (QED) is 0.861. The smallest absolute Gasteiger partial charge is 0.258 e. The van der Waals surface area contributed by atoms with Crippen molar-refractivity contribution in [3.8, 4) is 5.75 Å². The Morgan fingerprint density at radius 2 is 2.17 bits per heavy atom. The molecule has 18 heavy (non-hydrogen) atoms. The number of Topliss-reactive ketones (excluding diaryl/α,β-unsaturated/α-hetero) is 1. The molecule has 1 atom stereocenters. The van der Waals surface area contributed by atoms with Crippen LogP contribution in [-0.4, -0.2) is 24.3 Å². The zero-order valence-corrected chi connectivity index (χ0v) is 11.2. The fourth-order valence-electron chi connectivity index (χ4n) is 1.38. The van der Waals surface area contributed by atoms with Gasteiger partial charge in [0.2, 0.25) is 0 Å². The van der Waals surface area contributed by atoms with E-state index >= 15 is 0 Å². The Kier molecular flexibility index (Phi) is 5.65. The molecule has 1 amide bonds. The summed E-state index contributed by atoms with van der Waals surface area (Å²) in [7, 11) is 0. The number of amides is 1. The predicted octanol–water partition coefficient (Wildman–Crippen LogP) is 2.20. The number of carbonyl (C=O) groups is 2. The summed E-state index contributed by atoms with van der Waals surface area (Å²) in [6.07, 6.45) is 0.399. The van der Waals surface area contributed by atoms with Gasteiger partial charge in [0.05, 0.1) is 6.04 Å². The predicted molar refractivity (Wildman–Crippen MR) is 69.8 cm³/mol. The highest BCUT2D eigenvalue weighted by molar-refractivity contribution is 6.30. The van der Waals surface area contributed by atoms with Gasteiger partial charge in [0, 0.05) is 11.4 Å². The molecule has 1 aromatic carbocycles. The van der Waals surface area contributed by atoms with E-state index in [4.69, 9.17) is 16.3 Å². The van der Waals surface area contributed by atoms with E-state index < -0.39 is 6.04 Å². The molecule has 1 N–H and O–H groups in total. The molecule has 5 heteroatoms. The monoisotopic (exact) mass is 269 g/mol. The number of ether oxygens (including phenoxy) is 1. The van der Waals surface area contributed by atoms with Crippen LogP contribution in [0, 0.1) is 0 Å². The number of benzene rings is 1. The van der Waals surface area contributed by atoms with E-state index in [1.807, 2.05) is 0 Å². The largest absolute Gasteiger partial charge is 0.484 e. The average molecular weight is 270 g/mol. The van der Waals surface area contributed by atoms with E-state index in [1.165, 1.54) is 0 Å². The molecule has 0 heterocycles. The molecule has 98 valence electrons. The maximum absolute atomic E-state index is 11.5. The molecule has 0 aliphatic rings. The maximum Gasteiger partial charge on any atom is 0.258 e. The number of carbonyl (C=O) groups excluding carboxylic acids is 2. The highest BCUT2D eigenvalue weighted by Gasteiger charge is 2.13. The van der Waals surface area contributed by atoms with Crippen molar-refractivity contribution in [3.05, 3.63) is 29.3 Å². The molecular weight excluding hydrogens is 254 g/mol. The van der Waals surface area contributed by atoms with Crippen LogP contribution in [0.25, 0.3) is 0 Å². The normalized spacial score (nSPS) is 11.7. The molecule has 0 aliphatic carbocycles. The minimum Gasteiger partial charge on any atom is -0.484 e. The van der Waals surface area contributed by atoms with Crippen LogP contribution in [-0.2, 0) is 9.59 Å². The van der Waals surface area contributed by atoms with Gasteiger partial charge in [-0.05, 0) is 25.1 Å². The summed E-state index contributed by atoms with van der Waals surface area (Å²) in [5, 5.41) is 3.11. The summed E-state index contributed by atoms with van der Waals surface area (Å²) in [5.74, 6) is 0.183. The summed E-state index contributed by atoms with van der Waals surface area (Å²) in [5.41, 5.74) is 0. The van der Waals surface area contributed by atoms with Crippen molar-refractivity contribution in [1.82, 2.24) is 5.32 Å². The molecule has 1 aromatic rings. The Bertz CT molecular complexity index is 434. The zero-order chi connectivity index (χ0) is 13.5. The molecule has 0 aliphatic heterocycles. The van der Waals surface area contributed by atoms with Crippen LogP contribution in [0.4, 0.5) is 0 Å². The topological polar surface area (TPSA) is 55.4 Å². The third-order valence-corrected chi connectivity index (χ3v) is 2.61. The van der Waals surface area contributed by atoms with E-state index in [0.29, 0.717) is 17.2 Å². The molecular formula is C13H16ClNO3. The van der Waals surface area contributed by atoms with E-state index in [0.717, 1.165) is 0 Å². The van der Waals surface area contributed by atoms with Crippen LogP contribution in [0.2, 0.25) is 5.02 Å². The van der Waals surface area contributed by atoms with Gasteiger partial charge in [-0.15, -0.1) is 0 Å². The second-order valence-electron chi connectivity index (χ2n) is 3.86. The van der Waals surface area contributed by atoms with Crippen LogP contribution >= 0.6 is 11.6 Å². The van der Waals surface area contributed by atoms with E-state index in [9.17, 15) is 9.59 Å². The molecule has 0 saturated heterocycles. The van der Waals surface area contributed by atoms with Gasteiger partial charge in [-0.25, -0.2) is 0 Å². The van der Waals surface area contributed by atoms with Gasteiger partial charge in [0.25, 0.3) is 5.91 Å². The minimum absolute atomic E-state index is 0.00824. The Hall–Kier alpha value is -1.55. The first-order valence-corrected chi connectivity index (χ1v) is 6.11. The zero-order valence-electron chi connectivity index (χ0n) is 10.4. The number of ketones is 1. The van der Waals surface area contributed by atoms with Crippen LogP contribution in [0.3, 0.4) is 0 Å². The lowest BCUT2D eigenvalue weighted by Gasteiger charge is -2.12. The van der Waals surface area contributed by atoms with Gasteiger partial charge in [0.15, 0.2) is 12.4 Å². The number of halogens is 1. The van der Waals surface area contributed by atoms with Crippen molar-refractivity contribution in [2.75, 3.05) is 6.61 Å². The fourth-order valence-corrected chi connectivity index (χ4v) is 1.56. The van der Waals surface area contributed by atoms with Gasteiger partial charge in [-0.2, -0.15) is 0 Å². The Morgan fingerprint density at radius 3 is 2.78 bits per heavy atom. The molecule has 0 aromatic heterocycles. The Labute approximate surface area is 111 Å². The lowest BCUT2D eigenvalue weighted by molar-refractivity contribution is -0.128. The lowest BCUT2D eigenvalue weighted by atomic mass is 10.2. The standard InChI is InChI=1S/C13H16ClNO3/c1-3-12(16)9(2)15-13(17)8-18-11-6-4-5-10(14)7-11/h4-7,9H,3,8H2,1-2H3,(H,15,17). The third kappa shape index (κ3) is 4.75. The van der Waals surface area contributed by atoms with Crippen molar-refractivity contribution in [1.29, 1.82) is 0 Å². The van der Waals surface area contributed by atoms with Crippen LogP contribution in [0.1, 0.15) is 20.3 Å². The Balaban J connectivity index is 2.40. The molecule has 1 rings (SSSR count). The second-order valence-corrected chi connectivity index (χ2v) is 4.29. The van der Waals surface area contributed by atoms with E-state index in [2.05, 4.69) is 5.32 Å². The summed E-state index contributed by atoms with van der Waals surface area (Å²) >= 11 is 5.78. The van der Waals surface area contributed by atoms with Crippen molar-refractivity contribution in [2.24, 2.45) is 0 Å². The minimum atomic E-state index is -0.481. The molecule has 0 radical (unpaired) electrons. The maximum atomic E-state index is 11.5. The van der Waals surface area contributed by atoms with Gasteiger partial charge in [0.1, 0.15) is 5.75 Å². The lowest BCUT2D eigenvalue weighted by Crippen LogP contribution is -2.40. The van der Waals surface area contributed by atoms with Crippen molar-refractivity contribution >= 4 is 23.3 Å². The SMILES string of the molecule is CCC(=O)C(C)NC(=O)COc1cccc(Cl)c1. The highest BCUT2D eigenvalue weighted by Crippen LogP contribution is 2.16. The number of rotatable bonds is 6. The first-order valence-electron chi connectivity index (χ1n) is 5.73. The fraction of sp³-hybridized carbons (Fsp3) is 0.385. The van der Waals surface area contributed by atoms with Gasteiger partial charge in [-0.3, -0.25) is 9.59 Å². The molecule has 1 unspecified atom stereocenters. The molecule has 0 fully saturated rings. The van der Waals surface area contributed by atoms with E-state index in [1.54, 1.807) is 38.1 Å². The number of nitrogens with one attached hydrogen (secondary N) is 1. The van der Waals surface area contributed by atoms with Crippen LogP contribution < -0.4 is 10.1 Å². The number of hydrogen-bond donors (Lipinski definition) is 1. The molecule has 0 spiro atoms. The molecule has 4 nitrogen and oxygen atoms in total. The van der Waals surface area contributed by atoms with Crippen LogP contribution in [0.5, 0.6) is 5.75 Å². The molecule has 0 bridgehead atoms. The third-order valence-electron chi connectivity index (χ3n) is 2.37. The van der Waals surface area contributed by atoms with Gasteiger partial charge in [-0.1, -0.05) is 24.6 Å². The number of hydrogen-bond acceptors (Lipinski definition) is 3. The summed E-state index contributed by atoms with van der Waals surface area (Å²) < 4.78 is 5.26. The van der Waals surface area contributed by atoms with Crippen LogP contribution in [0.15, 0.2) is 24.3 Å². The summed E-state index contributed by atoms with van der Waals surface area (Å²) in [4.78, 5) is 22.8. The highest BCUT2D eigenvalue weighted by atomic mass is 35.5. The summed E-state index contributed by atoms with van der Waals surface area (Å²) in [6.45, 7) is 3.28. The Morgan fingerprint density at radius 1 is 1.44 bits per heavy atom. The second kappa shape index (κ2) is 7.01. The van der Waals surface area contributed by atoms with Crippen molar-refractivity contribution in [2.45, 2.75) is 26.3 Å². The first-order chi connectivity index (χ1) is 8.52. The first kappa shape index (κ1) is 14.5. The van der Waals surface area contributed by atoms with Gasteiger partial charge >= 0.3 is 0 Å². The van der Waals surface area contributed by atoms with Crippen molar-refractivity contribution in [3.63, 3.8) is 0 Å². The van der Waals surface area contributed by atoms with E-state index in [-0.39, 0.29) is 18.3 Å². The average Bonchev–Trinajstić information content (AvgIpc) is 2.35. The van der Waals surface area contributed by atoms with Crippen molar-refractivity contribution < 1.29 is 14.3 Å². The molecule has 0 saturated carbocycles. The summed E-state index contributed by atoms with van der Waals surface area (Å²) in [6, 6.07) is 6.30.